The highest BCUT2D eigenvalue weighted by molar-refractivity contribution is 7.88. The standard InChI is InChI=1S/C12H16FNO4S/c1-12(8-11(15)18-2,14-19(3,16)17)9-5-4-6-10(13)7-9/h4-7,14H,8H2,1-3H3/t12-/m1/s1. The number of sulfonamides is 1. The Morgan fingerprint density at radius 1 is 1.47 bits per heavy atom. The van der Waals surface area contributed by atoms with Gasteiger partial charge in [0.05, 0.1) is 25.3 Å². The Morgan fingerprint density at radius 3 is 2.58 bits per heavy atom. The van der Waals surface area contributed by atoms with Gasteiger partial charge in [-0.25, -0.2) is 17.5 Å². The van der Waals surface area contributed by atoms with Crippen LogP contribution in [0.5, 0.6) is 0 Å². The maximum absolute atomic E-state index is 13.3. The molecule has 1 rings (SSSR count). The molecule has 1 atom stereocenters. The molecule has 0 saturated carbocycles. The average Bonchev–Trinajstić information content (AvgIpc) is 2.26. The number of hydrogen-bond donors (Lipinski definition) is 1. The summed E-state index contributed by atoms with van der Waals surface area (Å²) >= 11 is 0. The molecule has 0 spiro atoms. The van der Waals surface area contributed by atoms with Gasteiger partial charge < -0.3 is 4.74 Å². The van der Waals surface area contributed by atoms with Crippen LogP contribution in [0.4, 0.5) is 4.39 Å². The van der Waals surface area contributed by atoms with E-state index in [4.69, 9.17) is 0 Å². The van der Waals surface area contributed by atoms with E-state index < -0.39 is 27.3 Å². The quantitative estimate of drug-likeness (QED) is 0.825. The van der Waals surface area contributed by atoms with Crippen LogP contribution < -0.4 is 4.72 Å². The molecule has 0 aromatic heterocycles. The number of hydrogen-bond acceptors (Lipinski definition) is 4. The van der Waals surface area contributed by atoms with Gasteiger partial charge in [0, 0.05) is 0 Å². The SMILES string of the molecule is COC(=O)C[C@@](C)(NS(C)(=O)=O)c1cccc(F)c1. The van der Waals surface area contributed by atoms with Gasteiger partial charge in [0.15, 0.2) is 0 Å². The summed E-state index contributed by atoms with van der Waals surface area (Å²) in [6.07, 6.45) is 0.738. The van der Waals surface area contributed by atoms with Crippen LogP contribution in [-0.4, -0.2) is 27.8 Å². The Bertz CT molecular complexity index is 573. The highest BCUT2D eigenvalue weighted by atomic mass is 32.2. The lowest BCUT2D eigenvalue weighted by atomic mass is 9.90. The van der Waals surface area contributed by atoms with Gasteiger partial charge >= 0.3 is 5.97 Å². The topological polar surface area (TPSA) is 72.5 Å². The molecule has 1 aromatic carbocycles. The number of carbonyl (C=O) groups is 1. The normalized spacial score (nSPS) is 14.7. The van der Waals surface area contributed by atoms with E-state index in [2.05, 4.69) is 9.46 Å². The highest BCUT2D eigenvalue weighted by Gasteiger charge is 2.33. The van der Waals surface area contributed by atoms with Gasteiger partial charge in [0.25, 0.3) is 0 Å². The molecular formula is C12H16FNO4S. The van der Waals surface area contributed by atoms with E-state index in [0.29, 0.717) is 5.56 Å². The van der Waals surface area contributed by atoms with Crippen molar-refractivity contribution in [3.63, 3.8) is 0 Å². The molecule has 1 N–H and O–H groups in total. The van der Waals surface area contributed by atoms with Crippen LogP contribution in [0.1, 0.15) is 18.9 Å². The fourth-order valence-electron chi connectivity index (χ4n) is 1.80. The van der Waals surface area contributed by atoms with Crippen LogP contribution in [0.3, 0.4) is 0 Å². The molecule has 0 fully saturated rings. The number of ether oxygens (including phenoxy) is 1. The average molecular weight is 289 g/mol. The molecule has 0 aliphatic carbocycles. The van der Waals surface area contributed by atoms with Gasteiger partial charge in [-0.3, -0.25) is 4.79 Å². The van der Waals surface area contributed by atoms with E-state index in [1.807, 2.05) is 0 Å². The molecule has 19 heavy (non-hydrogen) atoms. The largest absolute Gasteiger partial charge is 0.469 e. The fourth-order valence-corrected chi connectivity index (χ4v) is 2.81. The number of methoxy groups -OCH3 is 1. The Balaban J connectivity index is 3.21. The minimum Gasteiger partial charge on any atom is -0.469 e. The first-order chi connectivity index (χ1) is 8.66. The number of esters is 1. The second kappa shape index (κ2) is 5.66. The number of benzene rings is 1. The van der Waals surface area contributed by atoms with Crippen LogP contribution in [0.2, 0.25) is 0 Å². The molecule has 0 aliphatic rings. The molecule has 1 aromatic rings. The van der Waals surface area contributed by atoms with Crippen LogP contribution in [0.15, 0.2) is 24.3 Å². The van der Waals surface area contributed by atoms with Crippen molar-refractivity contribution in [3.05, 3.63) is 35.6 Å². The monoisotopic (exact) mass is 289 g/mol. The van der Waals surface area contributed by atoms with E-state index in [-0.39, 0.29) is 6.42 Å². The zero-order valence-electron chi connectivity index (χ0n) is 10.9. The second-order valence-corrected chi connectivity index (χ2v) is 6.22. The van der Waals surface area contributed by atoms with Crippen molar-refractivity contribution in [2.24, 2.45) is 0 Å². The van der Waals surface area contributed by atoms with Crippen molar-refractivity contribution in [3.8, 4) is 0 Å². The van der Waals surface area contributed by atoms with Crippen LogP contribution in [0.25, 0.3) is 0 Å². The first-order valence-electron chi connectivity index (χ1n) is 5.48. The van der Waals surface area contributed by atoms with Gasteiger partial charge in [-0.1, -0.05) is 12.1 Å². The zero-order valence-corrected chi connectivity index (χ0v) is 11.8. The first kappa shape index (κ1) is 15.6. The van der Waals surface area contributed by atoms with Gasteiger partial charge in [0.2, 0.25) is 10.0 Å². The summed E-state index contributed by atoms with van der Waals surface area (Å²) in [5, 5.41) is 0. The number of carbonyl (C=O) groups excluding carboxylic acids is 1. The second-order valence-electron chi connectivity index (χ2n) is 4.47. The van der Waals surface area contributed by atoms with Crippen LogP contribution >= 0.6 is 0 Å². The molecule has 106 valence electrons. The summed E-state index contributed by atoms with van der Waals surface area (Å²) in [4.78, 5) is 11.4. The number of nitrogens with one attached hydrogen (secondary N) is 1. The third-order valence-corrected chi connectivity index (χ3v) is 3.42. The Hall–Kier alpha value is -1.47. The van der Waals surface area contributed by atoms with E-state index >= 15 is 0 Å². The van der Waals surface area contributed by atoms with Gasteiger partial charge in [-0.15, -0.1) is 0 Å². The molecule has 0 aliphatic heterocycles. The number of halogens is 1. The van der Waals surface area contributed by atoms with Gasteiger partial charge in [-0.05, 0) is 24.6 Å². The molecular weight excluding hydrogens is 273 g/mol. The fraction of sp³-hybridized carbons (Fsp3) is 0.417. The smallest absolute Gasteiger partial charge is 0.307 e. The first-order valence-corrected chi connectivity index (χ1v) is 7.37. The van der Waals surface area contributed by atoms with Gasteiger partial charge in [-0.2, -0.15) is 0 Å². The van der Waals surface area contributed by atoms with E-state index in [0.717, 1.165) is 6.26 Å². The highest BCUT2D eigenvalue weighted by Crippen LogP contribution is 2.26. The lowest BCUT2D eigenvalue weighted by Crippen LogP contribution is -2.44. The predicted octanol–water partition coefficient (Wildman–Crippen LogP) is 1.15. The molecule has 0 saturated heterocycles. The van der Waals surface area contributed by atoms with E-state index in [9.17, 15) is 17.6 Å². The van der Waals surface area contributed by atoms with Crippen LogP contribution in [-0.2, 0) is 25.1 Å². The molecule has 0 radical (unpaired) electrons. The Kier molecular flexibility index (Phi) is 4.65. The maximum Gasteiger partial charge on any atom is 0.307 e. The van der Waals surface area contributed by atoms with E-state index in [1.165, 1.54) is 32.2 Å². The van der Waals surface area contributed by atoms with Crippen LogP contribution in [0, 0.1) is 5.82 Å². The molecule has 0 bridgehead atoms. The molecule has 0 unspecified atom stereocenters. The zero-order chi connectivity index (χ0) is 14.7. The maximum atomic E-state index is 13.3. The summed E-state index contributed by atoms with van der Waals surface area (Å²) in [6, 6.07) is 5.41. The molecule has 5 nitrogen and oxygen atoms in total. The molecule has 7 heteroatoms. The number of rotatable bonds is 5. The minimum absolute atomic E-state index is 0.236. The minimum atomic E-state index is -3.58. The summed E-state index contributed by atoms with van der Waals surface area (Å²) in [5.74, 6) is -1.10. The third kappa shape index (κ3) is 4.60. The van der Waals surface area contributed by atoms with Crippen molar-refractivity contribution in [2.45, 2.75) is 18.9 Å². The lowest BCUT2D eigenvalue weighted by Gasteiger charge is -2.29. The van der Waals surface area contributed by atoms with Crippen molar-refractivity contribution in [1.82, 2.24) is 4.72 Å². The molecule has 0 heterocycles. The van der Waals surface area contributed by atoms with Crippen molar-refractivity contribution >= 4 is 16.0 Å². The third-order valence-electron chi connectivity index (χ3n) is 2.60. The lowest BCUT2D eigenvalue weighted by molar-refractivity contribution is -0.142. The van der Waals surface area contributed by atoms with Gasteiger partial charge in [0.1, 0.15) is 5.82 Å². The van der Waals surface area contributed by atoms with E-state index in [1.54, 1.807) is 6.07 Å². The predicted molar refractivity (Wildman–Crippen MR) is 68.4 cm³/mol. The summed E-state index contributed by atoms with van der Waals surface area (Å²) in [7, 11) is -2.37. The molecule has 0 amide bonds. The van der Waals surface area contributed by atoms with Crippen molar-refractivity contribution < 1.29 is 22.3 Å². The summed E-state index contributed by atoms with van der Waals surface area (Å²) in [6.45, 7) is 1.50. The summed E-state index contributed by atoms with van der Waals surface area (Å²) < 4.78 is 43.0. The van der Waals surface area contributed by atoms with Crippen molar-refractivity contribution in [2.75, 3.05) is 13.4 Å². The summed E-state index contributed by atoms with van der Waals surface area (Å²) in [5.41, 5.74) is -0.911. The Labute approximate surface area is 111 Å². The van der Waals surface area contributed by atoms with Crippen molar-refractivity contribution in [1.29, 1.82) is 0 Å². The Morgan fingerprint density at radius 2 is 2.11 bits per heavy atom.